The lowest BCUT2D eigenvalue weighted by Gasteiger charge is -2.31. The Morgan fingerprint density at radius 2 is 1.93 bits per heavy atom. The summed E-state index contributed by atoms with van der Waals surface area (Å²) in [4.78, 5) is 19.5. The zero-order valence-corrected chi connectivity index (χ0v) is 16.0. The molecule has 6 nitrogen and oxygen atoms in total. The maximum atomic E-state index is 13.1. The number of fused-ring (bicyclic) bond motifs is 1. The summed E-state index contributed by atoms with van der Waals surface area (Å²) >= 11 is 1.51. The second kappa shape index (κ2) is 7.16. The van der Waals surface area contributed by atoms with Crippen molar-refractivity contribution in [2.24, 2.45) is 0 Å². The quantitative estimate of drug-likeness (QED) is 0.534. The van der Waals surface area contributed by atoms with Crippen molar-refractivity contribution in [3.8, 4) is 10.6 Å². The Labute approximate surface area is 166 Å². The Morgan fingerprint density at radius 3 is 2.82 bits per heavy atom. The molecule has 0 bridgehead atoms. The molecule has 4 aromatic rings. The van der Waals surface area contributed by atoms with Crippen molar-refractivity contribution in [1.29, 1.82) is 0 Å². The Kier molecular flexibility index (Phi) is 4.37. The Bertz CT molecular complexity index is 1120. The van der Waals surface area contributed by atoms with Crippen LogP contribution in [-0.2, 0) is 0 Å². The average Bonchev–Trinajstić information content (AvgIpc) is 3.42. The third-order valence-electron chi connectivity index (χ3n) is 5.16. The monoisotopic (exact) mass is 389 g/mol. The number of carbonyl (C=O) groups is 1. The molecule has 5 rings (SSSR count). The van der Waals surface area contributed by atoms with Gasteiger partial charge in [-0.3, -0.25) is 9.20 Å². The van der Waals surface area contributed by atoms with Crippen LogP contribution in [0.25, 0.3) is 16.2 Å². The predicted molar refractivity (Wildman–Crippen MR) is 108 cm³/mol. The van der Waals surface area contributed by atoms with E-state index in [1.807, 2.05) is 69.4 Å². The van der Waals surface area contributed by atoms with Gasteiger partial charge in [-0.25, -0.2) is 4.98 Å². The first-order valence-electron chi connectivity index (χ1n) is 9.39. The van der Waals surface area contributed by atoms with E-state index in [0.717, 1.165) is 41.4 Å². The molecule has 1 fully saturated rings. The number of carbonyl (C=O) groups excluding carboxylic acids is 1. The summed E-state index contributed by atoms with van der Waals surface area (Å²) < 4.78 is 2.02. The maximum absolute atomic E-state index is 13.1. The Morgan fingerprint density at radius 1 is 1.07 bits per heavy atom. The van der Waals surface area contributed by atoms with Crippen LogP contribution in [0, 0.1) is 0 Å². The van der Waals surface area contributed by atoms with Crippen molar-refractivity contribution in [2.45, 2.75) is 18.8 Å². The average molecular weight is 389 g/mol. The predicted octanol–water partition coefficient (Wildman–Crippen LogP) is 3.87. The van der Waals surface area contributed by atoms with Crippen LogP contribution in [-0.4, -0.2) is 43.5 Å². The SMILES string of the molecule is O=C(c1csc(-c2ccccc2)n1)N1CCC[C@H](c2nnc3ccccn23)C1. The van der Waals surface area contributed by atoms with Crippen molar-refractivity contribution >= 4 is 22.9 Å². The van der Waals surface area contributed by atoms with Gasteiger partial charge in [-0.2, -0.15) is 0 Å². The zero-order chi connectivity index (χ0) is 18.9. The first kappa shape index (κ1) is 17.1. The van der Waals surface area contributed by atoms with E-state index < -0.39 is 0 Å². The molecule has 1 amide bonds. The fraction of sp³-hybridized carbons (Fsp3) is 0.238. The van der Waals surface area contributed by atoms with Gasteiger partial charge in [0.2, 0.25) is 0 Å². The number of amides is 1. The largest absolute Gasteiger partial charge is 0.337 e. The van der Waals surface area contributed by atoms with E-state index in [4.69, 9.17) is 0 Å². The van der Waals surface area contributed by atoms with Crippen molar-refractivity contribution < 1.29 is 4.79 Å². The van der Waals surface area contributed by atoms with Gasteiger partial charge in [0.1, 0.15) is 16.5 Å². The first-order valence-corrected chi connectivity index (χ1v) is 10.3. The highest BCUT2D eigenvalue weighted by Crippen LogP contribution is 2.28. The van der Waals surface area contributed by atoms with Gasteiger partial charge in [-0.15, -0.1) is 21.5 Å². The highest BCUT2D eigenvalue weighted by atomic mass is 32.1. The highest BCUT2D eigenvalue weighted by molar-refractivity contribution is 7.13. The van der Waals surface area contributed by atoms with Gasteiger partial charge in [-0.1, -0.05) is 36.4 Å². The number of piperidine rings is 1. The third kappa shape index (κ3) is 3.07. The minimum absolute atomic E-state index is 0.00282. The maximum Gasteiger partial charge on any atom is 0.273 e. The number of rotatable bonds is 3. The number of likely N-dealkylation sites (tertiary alicyclic amines) is 1. The van der Waals surface area contributed by atoms with Gasteiger partial charge in [0.25, 0.3) is 5.91 Å². The van der Waals surface area contributed by atoms with Crippen molar-refractivity contribution in [1.82, 2.24) is 24.5 Å². The smallest absolute Gasteiger partial charge is 0.273 e. The zero-order valence-electron chi connectivity index (χ0n) is 15.2. The third-order valence-corrected chi connectivity index (χ3v) is 6.05. The summed E-state index contributed by atoms with van der Waals surface area (Å²) in [5, 5.41) is 11.4. The highest BCUT2D eigenvalue weighted by Gasteiger charge is 2.29. The Balaban J connectivity index is 1.36. The summed E-state index contributed by atoms with van der Waals surface area (Å²) in [7, 11) is 0. The van der Waals surface area contributed by atoms with Crippen LogP contribution in [0.1, 0.15) is 35.1 Å². The fourth-order valence-electron chi connectivity index (χ4n) is 3.76. The molecule has 140 valence electrons. The molecular formula is C21H19N5OS. The summed E-state index contributed by atoms with van der Waals surface area (Å²) in [6.07, 6.45) is 3.94. The van der Waals surface area contributed by atoms with Crippen LogP contribution in [0.4, 0.5) is 0 Å². The Hall–Kier alpha value is -3.06. The fourth-order valence-corrected chi connectivity index (χ4v) is 4.56. The minimum atomic E-state index is -0.00282. The van der Waals surface area contributed by atoms with E-state index in [9.17, 15) is 4.79 Å². The summed E-state index contributed by atoms with van der Waals surface area (Å²) in [6.45, 7) is 1.40. The molecule has 0 aliphatic carbocycles. The molecule has 1 aliphatic heterocycles. The van der Waals surface area contributed by atoms with Gasteiger partial charge in [0.05, 0.1) is 0 Å². The lowest BCUT2D eigenvalue weighted by molar-refractivity contribution is 0.0699. The number of aromatic nitrogens is 4. The second-order valence-corrected chi connectivity index (χ2v) is 7.84. The van der Waals surface area contributed by atoms with Crippen LogP contribution >= 0.6 is 11.3 Å². The number of benzene rings is 1. The topological polar surface area (TPSA) is 63.4 Å². The standard InChI is InChI=1S/C21H19N5OS/c27-21(17-14-28-20(22-17)15-7-2-1-3-8-15)25-11-6-9-16(13-25)19-24-23-18-10-4-5-12-26(18)19/h1-5,7-8,10,12,14,16H,6,9,11,13H2/t16-/m0/s1. The molecule has 0 spiro atoms. The van der Waals surface area contributed by atoms with Gasteiger partial charge < -0.3 is 4.90 Å². The molecule has 0 saturated carbocycles. The van der Waals surface area contributed by atoms with E-state index in [2.05, 4.69) is 15.2 Å². The van der Waals surface area contributed by atoms with E-state index >= 15 is 0 Å². The van der Waals surface area contributed by atoms with Crippen LogP contribution in [0.3, 0.4) is 0 Å². The van der Waals surface area contributed by atoms with Crippen LogP contribution < -0.4 is 0 Å². The lowest BCUT2D eigenvalue weighted by atomic mass is 9.97. The van der Waals surface area contributed by atoms with Crippen molar-refractivity contribution in [3.63, 3.8) is 0 Å². The molecular weight excluding hydrogens is 370 g/mol. The van der Waals surface area contributed by atoms with E-state index in [-0.39, 0.29) is 11.8 Å². The number of hydrogen-bond acceptors (Lipinski definition) is 5. The summed E-state index contributed by atoms with van der Waals surface area (Å²) in [5.41, 5.74) is 2.40. The molecule has 3 aromatic heterocycles. The molecule has 1 aliphatic rings. The molecule has 0 radical (unpaired) electrons. The van der Waals surface area contributed by atoms with Gasteiger partial charge in [-0.05, 0) is 25.0 Å². The van der Waals surface area contributed by atoms with E-state index in [1.54, 1.807) is 0 Å². The normalized spacial score (nSPS) is 17.1. The molecule has 0 N–H and O–H groups in total. The van der Waals surface area contributed by atoms with Crippen molar-refractivity contribution in [3.05, 3.63) is 71.6 Å². The first-order chi connectivity index (χ1) is 13.8. The number of pyridine rings is 1. The summed E-state index contributed by atoms with van der Waals surface area (Å²) in [6, 6.07) is 15.9. The molecule has 0 unspecified atom stereocenters. The molecule has 1 aromatic carbocycles. The second-order valence-electron chi connectivity index (χ2n) is 6.98. The van der Waals surface area contributed by atoms with Gasteiger partial charge >= 0.3 is 0 Å². The van der Waals surface area contributed by atoms with Crippen LogP contribution in [0.15, 0.2) is 60.1 Å². The van der Waals surface area contributed by atoms with Gasteiger partial charge in [0.15, 0.2) is 5.65 Å². The lowest BCUT2D eigenvalue weighted by Crippen LogP contribution is -2.39. The van der Waals surface area contributed by atoms with Crippen LogP contribution in [0.5, 0.6) is 0 Å². The van der Waals surface area contributed by atoms with E-state index in [0.29, 0.717) is 12.2 Å². The van der Waals surface area contributed by atoms with Crippen LogP contribution in [0.2, 0.25) is 0 Å². The molecule has 7 heteroatoms. The molecule has 1 atom stereocenters. The number of thiazole rings is 1. The van der Waals surface area contributed by atoms with Crippen molar-refractivity contribution in [2.75, 3.05) is 13.1 Å². The van der Waals surface area contributed by atoms with E-state index in [1.165, 1.54) is 11.3 Å². The number of nitrogens with zero attached hydrogens (tertiary/aromatic N) is 5. The summed E-state index contributed by atoms with van der Waals surface area (Å²) in [5.74, 6) is 1.11. The molecule has 1 saturated heterocycles. The minimum Gasteiger partial charge on any atom is -0.337 e. The molecule has 4 heterocycles. The molecule has 28 heavy (non-hydrogen) atoms. The number of hydrogen-bond donors (Lipinski definition) is 0. The van der Waals surface area contributed by atoms with Gasteiger partial charge in [0, 0.05) is 36.1 Å².